The van der Waals surface area contributed by atoms with Gasteiger partial charge in [-0.25, -0.2) is 9.78 Å². The minimum Gasteiger partial charge on any atom is -0.493 e. The summed E-state index contributed by atoms with van der Waals surface area (Å²) in [7, 11) is 1.36. The summed E-state index contributed by atoms with van der Waals surface area (Å²) in [5.41, 5.74) is 1.62. The smallest absolute Gasteiger partial charge is 0.387 e. The monoisotopic (exact) mass is 449 g/mol. The number of nitrogens with zero attached hydrogens (tertiary/aromatic N) is 1. The van der Waals surface area contributed by atoms with Crippen LogP contribution in [-0.2, 0) is 0 Å². The number of benzene rings is 2. The van der Waals surface area contributed by atoms with Crippen molar-refractivity contribution in [1.29, 1.82) is 0 Å². The summed E-state index contributed by atoms with van der Waals surface area (Å²) in [6.45, 7) is -2.98. The number of alkyl halides is 2. The molecular formula is C20H14BrF2NO4. The Bertz CT molecular complexity index is 1070. The highest BCUT2D eigenvalue weighted by atomic mass is 79.9. The lowest BCUT2D eigenvalue weighted by molar-refractivity contribution is -0.0512. The quantitative estimate of drug-likeness (QED) is 0.539. The normalized spacial score (nSPS) is 11.3. The third-order valence-corrected chi connectivity index (χ3v) is 4.36. The van der Waals surface area contributed by atoms with Crippen molar-refractivity contribution in [3.63, 3.8) is 0 Å². The molecule has 144 valence electrons. The van der Waals surface area contributed by atoms with Gasteiger partial charge in [-0.3, -0.25) is 0 Å². The predicted octanol–water partition coefficient (Wildman–Crippen LogP) is 5.48. The number of carbonyl (C=O) groups is 1. The first-order valence-electron chi connectivity index (χ1n) is 8.02. The van der Waals surface area contributed by atoms with Crippen LogP contribution in [0.4, 0.5) is 8.78 Å². The second-order valence-corrected chi connectivity index (χ2v) is 6.60. The van der Waals surface area contributed by atoms with Crippen molar-refractivity contribution in [1.82, 2.24) is 4.98 Å². The van der Waals surface area contributed by atoms with E-state index >= 15 is 0 Å². The number of fused-ring (bicyclic) bond motifs is 1. The van der Waals surface area contributed by atoms with Gasteiger partial charge in [0.15, 0.2) is 11.5 Å². The SMILES string of the molecule is COc1ccc(/C=C/c2cc(C(=O)O)c3cc(Br)ccc3n2)cc1OC(F)F. The summed E-state index contributed by atoms with van der Waals surface area (Å²) >= 11 is 3.32. The lowest BCUT2D eigenvalue weighted by Gasteiger charge is -2.10. The van der Waals surface area contributed by atoms with Gasteiger partial charge in [-0.15, -0.1) is 0 Å². The van der Waals surface area contributed by atoms with Gasteiger partial charge in [-0.05, 0) is 48.0 Å². The van der Waals surface area contributed by atoms with Crippen LogP contribution >= 0.6 is 15.9 Å². The summed E-state index contributed by atoms with van der Waals surface area (Å²) in [4.78, 5) is 16.0. The van der Waals surface area contributed by atoms with E-state index in [-0.39, 0.29) is 17.1 Å². The number of carboxylic acid groups (broad SMARTS) is 1. The first-order chi connectivity index (χ1) is 13.4. The minimum atomic E-state index is -2.98. The van der Waals surface area contributed by atoms with E-state index in [0.29, 0.717) is 22.2 Å². The summed E-state index contributed by atoms with van der Waals surface area (Å²) in [6, 6.07) is 11.2. The summed E-state index contributed by atoms with van der Waals surface area (Å²) < 4.78 is 35.3. The van der Waals surface area contributed by atoms with E-state index < -0.39 is 12.6 Å². The third kappa shape index (κ3) is 4.45. The maximum absolute atomic E-state index is 12.6. The Hall–Kier alpha value is -3.00. The Labute approximate surface area is 167 Å². The number of ether oxygens (including phenoxy) is 2. The summed E-state index contributed by atoms with van der Waals surface area (Å²) in [5.74, 6) is -0.987. The highest BCUT2D eigenvalue weighted by Crippen LogP contribution is 2.30. The number of aromatic nitrogens is 1. The van der Waals surface area contributed by atoms with Gasteiger partial charge in [0.1, 0.15) is 0 Å². The van der Waals surface area contributed by atoms with Crippen molar-refractivity contribution in [3.8, 4) is 11.5 Å². The average Bonchev–Trinajstić information content (AvgIpc) is 2.65. The van der Waals surface area contributed by atoms with Crippen molar-refractivity contribution < 1.29 is 28.2 Å². The Morgan fingerprint density at radius 1 is 1.14 bits per heavy atom. The molecule has 1 heterocycles. The zero-order valence-electron chi connectivity index (χ0n) is 14.5. The Morgan fingerprint density at radius 3 is 2.61 bits per heavy atom. The van der Waals surface area contributed by atoms with Gasteiger partial charge in [0, 0.05) is 9.86 Å². The molecule has 0 fully saturated rings. The van der Waals surface area contributed by atoms with Crippen LogP contribution in [0.5, 0.6) is 11.5 Å². The zero-order chi connectivity index (χ0) is 20.3. The molecule has 1 aromatic heterocycles. The van der Waals surface area contributed by atoms with Gasteiger partial charge >= 0.3 is 12.6 Å². The van der Waals surface area contributed by atoms with Crippen LogP contribution in [-0.4, -0.2) is 29.8 Å². The van der Waals surface area contributed by atoms with Crippen LogP contribution in [0, 0.1) is 0 Å². The van der Waals surface area contributed by atoms with Gasteiger partial charge < -0.3 is 14.6 Å². The van der Waals surface area contributed by atoms with Gasteiger partial charge in [0.2, 0.25) is 0 Å². The minimum absolute atomic E-state index is 0.0952. The van der Waals surface area contributed by atoms with E-state index in [2.05, 4.69) is 25.7 Å². The molecule has 0 radical (unpaired) electrons. The number of halogens is 3. The molecule has 0 bridgehead atoms. The number of hydrogen-bond donors (Lipinski definition) is 1. The number of hydrogen-bond acceptors (Lipinski definition) is 4. The van der Waals surface area contributed by atoms with Gasteiger partial charge in [0.05, 0.1) is 23.9 Å². The molecule has 3 rings (SSSR count). The first kappa shape index (κ1) is 19.8. The number of aromatic carboxylic acids is 1. The van der Waals surface area contributed by atoms with E-state index in [4.69, 9.17) is 4.74 Å². The largest absolute Gasteiger partial charge is 0.493 e. The van der Waals surface area contributed by atoms with Crippen LogP contribution in [0.25, 0.3) is 23.1 Å². The highest BCUT2D eigenvalue weighted by Gasteiger charge is 2.12. The summed E-state index contributed by atoms with van der Waals surface area (Å²) in [5, 5.41) is 10.0. The van der Waals surface area contributed by atoms with Crippen LogP contribution in [0.1, 0.15) is 21.6 Å². The lowest BCUT2D eigenvalue weighted by Crippen LogP contribution is -2.03. The number of carboxylic acids is 1. The van der Waals surface area contributed by atoms with Crippen LogP contribution < -0.4 is 9.47 Å². The number of pyridine rings is 1. The fraction of sp³-hybridized carbons (Fsp3) is 0.100. The van der Waals surface area contributed by atoms with E-state index in [1.165, 1.54) is 25.3 Å². The van der Waals surface area contributed by atoms with Crippen molar-refractivity contribution in [2.45, 2.75) is 6.61 Å². The molecule has 0 unspecified atom stereocenters. The van der Waals surface area contributed by atoms with E-state index in [1.807, 2.05) is 0 Å². The molecule has 3 aromatic rings. The fourth-order valence-corrected chi connectivity index (χ4v) is 3.01. The Kier molecular flexibility index (Phi) is 5.89. The van der Waals surface area contributed by atoms with Crippen molar-refractivity contribution in [2.75, 3.05) is 7.11 Å². The molecule has 0 aliphatic rings. The molecule has 28 heavy (non-hydrogen) atoms. The fourth-order valence-electron chi connectivity index (χ4n) is 2.65. The lowest BCUT2D eigenvalue weighted by atomic mass is 10.1. The zero-order valence-corrected chi connectivity index (χ0v) is 16.1. The molecular weight excluding hydrogens is 436 g/mol. The maximum atomic E-state index is 12.6. The van der Waals surface area contributed by atoms with Gasteiger partial charge in [0.25, 0.3) is 0 Å². The molecule has 0 spiro atoms. The van der Waals surface area contributed by atoms with Crippen LogP contribution in [0.15, 0.2) is 46.9 Å². The maximum Gasteiger partial charge on any atom is 0.387 e. The topological polar surface area (TPSA) is 68.7 Å². The van der Waals surface area contributed by atoms with Crippen molar-refractivity contribution >= 4 is 45.0 Å². The van der Waals surface area contributed by atoms with E-state index in [1.54, 1.807) is 36.4 Å². The van der Waals surface area contributed by atoms with Gasteiger partial charge in [-0.1, -0.05) is 28.1 Å². The molecule has 0 saturated carbocycles. The molecule has 5 nitrogen and oxygen atoms in total. The number of methoxy groups -OCH3 is 1. The van der Waals surface area contributed by atoms with Crippen molar-refractivity contribution in [2.24, 2.45) is 0 Å². The Balaban J connectivity index is 1.99. The molecule has 8 heteroatoms. The molecule has 0 saturated heterocycles. The Morgan fingerprint density at radius 2 is 1.93 bits per heavy atom. The standard InChI is InChI=1S/C20H14BrF2NO4/c1-27-17-7-3-11(8-18(17)28-20(22)23)2-5-13-10-15(19(25)26)14-9-12(21)4-6-16(14)24-13/h2-10,20H,1H3,(H,25,26)/b5-2+. The first-order valence-corrected chi connectivity index (χ1v) is 8.81. The molecule has 0 atom stereocenters. The van der Waals surface area contributed by atoms with Crippen LogP contribution in [0.2, 0.25) is 0 Å². The number of rotatable bonds is 6. The second kappa shape index (κ2) is 8.35. The average molecular weight is 450 g/mol. The van der Waals surface area contributed by atoms with Gasteiger partial charge in [-0.2, -0.15) is 8.78 Å². The third-order valence-electron chi connectivity index (χ3n) is 3.87. The van der Waals surface area contributed by atoms with E-state index in [9.17, 15) is 18.7 Å². The second-order valence-electron chi connectivity index (χ2n) is 5.68. The molecule has 0 aliphatic carbocycles. The molecule has 0 amide bonds. The predicted molar refractivity (Wildman–Crippen MR) is 105 cm³/mol. The molecule has 0 aliphatic heterocycles. The van der Waals surface area contributed by atoms with E-state index in [0.717, 1.165) is 4.47 Å². The summed E-state index contributed by atoms with van der Waals surface area (Å²) in [6.07, 6.45) is 3.22. The van der Waals surface area contributed by atoms with Crippen molar-refractivity contribution in [3.05, 3.63) is 63.8 Å². The highest BCUT2D eigenvalue weighted by molar-refractivity contribution is 9.10. The molecule has 1 N–H and O–H groups in total. The van der Waals surface area contributed by atoms with Crippen LogP contribution in [0.3, 0.4) is 0 Å². The molecule has 2 aromatic carbocycles.